The molecule has 7 atom stereocenters. The number of fused-ring (bicyclic) bond motifs is 5. The van der Waals surface area contributed by atoms with Gasteiger partial charge in [0.2, 0.25) is 0 Å². The maximum atomic E-state index is 12.3. The molecule has 4 aliphatic carbocycles. The van der Waals surface area contributed by atoms with E-state index in [1.54, 1.807) is 0 Å². The van der Waals surface area contributed by atoms with Crippen molar-refractivity contribution in [3.63, 3.8) is 0 Å². The number of rotatable bonds is 4. The number of carbonyl (C=O) groups excluding carboxylic acids is 2. The van der Waals surface area contributed by atoms with Gasteiger partial charge in [0.05, 0.1) is 5.71 Å². The number of carbonyl (C=O) groups is 2. The summed E-state index contributed by atoms with van der Waals surface area (Å²) in [6.45, 7) is 8.59. The van der Waals surface area contributed by atoms with Crippen LogP contribution < -0.4 is 10.6 Å². The maximum Gasteiger partial charge on any atom is 0.433 e. The van der Waals surface area contributed by atoms with Gasteiger partial charge in [-0.3, -0.25) is 9.63 Å². The molecule has 3 saturated carbocycles. The highest BCUT2D eigenvalue weighted by Gasteiger charge is 2.59. The number of oxime groups is 1. The Hall–Kier alpha value is -1.69. The van der Waals surface area contributed by atoms with Crippen molar-refractivity contribution in [1.29, 1.82) is 0 Å². The Labute approximate surface area is 204 Å². The molecular formula is C28H43N3O3. The minimum atomic E-state index is -0.443. The van der Waals surface area contributed by atoms with Gasteiger partial charge in [0.15, 0.2) is 5.78 Å². The minimum absolute atomic E-state index is 0.216. The Balaban J connectivity index is 1.22. The van der Waals surface area contributed by atoms with Crippen LogP contribution in [-0.2, 0) is 9.63 Å². The van der Waals surface area contributed by atoms with E-state index in [0.717, 1.165) is 50.3 Å². The zero-order valence-corrected chi connectivity index (χ0v) is 21.3. The smallest absolute Gasteiger partial charge is 0.318 e. The molecule has 1 amide bonds. The van der Waals surface area contributed by atoms with E-state index in [1.807, 2.05) is 6.08 Å². The number of piperidine rings is 1. The minimum Gasteiger partial charge on any atom is -0.318 e. The fourth-order valence-corrected chi connectivity index (χ4v) is 8.76. The first-order valence-corrected chi connectivity index (χ1v) is 13.8. The van der Waals surface area contributed by atoms with E-state index in [4.69, 9.17) is 4.84 Å². The highest BCUT2D eigenvalue weighted by atomic mass is 16.7. The second-order valence-corrected chi connectivity index (χ2v) is 12.3. The first-order chi connectivity index (χ1) is 16.3. The molecule has 188 valence electrons. The number of nitrogens with zero attached hydrogens (tertiary/aromatic N) is 1. The van der Waals surface area contributed by atoms with E-state index in [2.05, 4.69) is 36.6 Å². The standard InChI is InChI=1S/C28H43N3O3/c1-18(31-34-26(33)30-17-20-6-4-5-15-29-20)23-9-10-24-22-8-7-19-16-21(32)11-13-27(19,2)25(22)12-14-28(23,24)3/h16,20,22-25,29H,4-15,17H2,1-3H3,(H,30,33)/b31-18+/t20-,22-,23+,24-,25-,27-,28+/m0/s1. The van der Waals surface area contributed by atoms with Gasteiger partial charge in [-0.1, -0.05) is 31.0 Å². The Bertz CT molecular complexity index is 876. The lowest BCUT2D eigenvalue weighted by Crippen LogP contribution is -2.51. The second kappa shape index (κ2) is 9.40. The fourth-order valence-electron chi connectivity index (χ4n) is 8.76. The van der Waals surface area contributed by atoms with Crippen LogP contribution in [0.3, 0.4) is 0 Å². The van der Waals surface area contributed by atoms with Crippen LogP contribution in [0, 0.1) is 34.5 Å². The molecule has 0 radical (unpaired) electrons. The van der Waals surface area contributed by atoms with Crippen molar-refractivity contribution < 1.29 is 14.4 Å². The number of ketones is 1. The quantitative estimate of drug-likeness (QED) is 0.329. The van der Waals surface area contributed by atoms with Crippen molar-refractivity contribution in [2.24, 2.45) is 39.7 Å². The summed E-state index contributed by atoms with van der Waals surface area (Å²) in [7, 11) is 0. The van der Waals surface area contributed by atoms with Crippen molar-refractivity contribution in [3.8, 4) is 0 Å². The Morgan fingerprint density at radius 1 is 1.12 bits per heavy atom. The fraction of sp³-hybridized carbons (Fsp3) is 0.821. The summed E-state index contributed by atoms with van der Waals surface area (Å²) in [6.07, 6.45) is 13.9. The summed E-state index contributed by atoms with van der Waals surface area (Å²) in [4.78, 5) is 29.6. The third kappa shape index (κ3) is 4.25. The molecule has 1 saturated heterocycles. The van der Waals surface area contributed by atoms with Gasteiger partial charge in [0.1, 0.15) is 0 Å². The summed E-state index contributed by atoms with van der Waals surface area (Å²) in [5.41, 5.74) is 2.85. The van der Waals surface area contributed by atoms with Crippen LogP contribution in [0.4, 0.5) is 4.79 Å². The van der Waals surface area contributed by atoms with Crippen LogP contribution in [0.1, 0.15) is 91.4 Å². The number of nitrogens with one attached hydrogen (secondary N) is 2. The predicted octanol–water partition coefficient (Wildman–Crippen LogP) is 5.38. The molecule has 0 bridgehead atoms. The Morgan fingerprint density at radius 2 is 1.97 bits per heavy atom. The molecule has 0 spiro atoms. The average Bonchev–Trinajstić information content (AvgIpc) is 3.19. The van der Waals surface area contributed by atoms with E-state index in [-0.39, 0.29) is 10.8 Å². The highest BCUT2D eigenvalue weighted by Crippen LogP contribution is 2.66. The van der Waals surface area contributed by atoms with Crippen LogP contribution in [0.25, 0.3) is 0 Å². The van der Waals surface area contributed by atoms with Gasteiger partial charge < -0.3 is 10.6 Å². The van der Waals surface area contributed by atoms with Crippen LogP contribution in [0.15, 0.2) is 16.8 Å². The molecule has 1 aliphatic heterocycles. The topological polar surface area (TPSA) is 79.8 Å². The van der Waals surface area contributed by atoms with Crippen molar-refractivity contribution in [3.05, 3.63) is 11.6 Å². The molecule has 0 aromatic carbocycles. The molecule has 34 heavy (non-hydrogen) atoms. The molecule has 6 heteroatoms. The van der Waals surface area contributed by atoms with Crippen LogP contribution >= 0.6 is 0 Å². The van der Waals surface area contributed by atoms with E-state index < -0.39 is 6.09 Å². The lowest BCUT2D eigenvalue weighted by Gasteiger charge is -2.58. The summed E-state index contributed by atoms with van der Waals surface area (Å²) in [5, 5.41) is 10.6. The van der Waals surface area contributed by atoms with E-state index >= 15 is 0 Å². The zero-order valence-electron chi connectivity index (χ0n) is 21.3. The first kappa shape index (κ1) is 24.0. The molecule has 5 aliphatic rings. The zero-order chi connectivity index (χ0) is 23.9. The number of hydrogen-bond acceptors (Lipinski definition) is 5. The van der Waals surface area contributed by atoms with Crippen LogP contribution in [0.2, 0.25) is 0 Å². The van der Waals surface area contributed by atoms with Crippen LogP contribution in [0.5, 0.6) is 0 Å². The van der Waals surface area contributed by atoms with E-state index in [9.17, 15) is 9.59 Å². The van der Waals surface area contributed by atoms with Gasteiger partial charge in [0.25, 0.3) is 0 Å². The normalized spacial score (nSPS) is 42.2. The highest BCUT2D eigenvalue weighted by molar-refractivity contribution is 5.91. The lowest BCUT2D eigenvalue weighted by molar-refractivity contribution is -0.117. The summed E-state index contributed by atoms with van der Waals surface area (Å²) in [6, 6.07) is 0.339. The molecule has 0 aromatic heterocycles. The van der Waals surface area contributed by atoms with Crippen molar-refractivity contribution in [2.45, 2.75) is 97.4 Å². The van der Waals surface area contributed by atoms with Crippen LogP contribution in [-0.4, -0.2) is 36.7 Å². The first-order valence-electron chi connectivity index (χ1n) is 13.8. The van der Waals surface area contributed by atoms with Gasteiger partial charge in [-0.05, 0) is 106 Å². The summed E-state index contributed by atoms with van der Waals surface area (Å²) >= 11 is 0. The molecular weight excluding hydrogens is 426 g/mol. The van der Waals surface area contributed by atoms with Gasteiger partial charge in [-0.2, -0.15) is 0 Å². The molecule has 1 heterocycles. The SMILES string of the molecule is C/C(=N\OC(=O)NC[C@@H]1CCCCN1)[C@H]1CC[C@H]2[C@@H]3CCC4=CC(=O)CC[C@]4(C)[C@H]3CC[C@]12C. The third-order valence-electron chi connectivity index (χ3n) is 10.6. The Morgan fingerprint density at radius 3 is 2.76 bits per heavy atom. The van der Waals surface area contributed by atoms with Crippen molar-refractivity contribution in [1.82, 2.24) is 10.6 Å². The van der Waals surface area contributed by atoms with Gasteiger partial charge >= 0.3 is 6.09 Å². The molecule has 6 nitrogen and oxygen atoms in total. The monoisotopic (exact) mass is 469 g/mol. The van der Waals surface area contributed by atoms with Crippen molar-refractivity contribution in [2.75, 3.05) is 13.1 Å². The number of allylic oxidation sites excluding steroid dienone is 1. The predicted molar refractivity (Wildman–Crippen MR) is 133 cm³/mol. The molecule has 2 N–H and O–H groups in total. The largest absolute Gasteiger partial charge is 0.433 e. The maximum absolute atomic E-state index is 12.3. The van der Waals surface area contributed by atoms with E-state index in [0.29, 0.717) is 36.1 Å². The Kier molecular flexibility index (Phi) is 6.64. The van der Waals surface area contributed by atoms with Gasteiger partial charge in [-0.25, -0.2) is 4.79 Å². The van der Waals surface area contributed by atoms with Gasteiger partial charge in [-0.15, -0.1) is 0 Å². The number of hydrogen-bond donors (Lipinski definition) is 2. The third-order valence-corrected chi connectivity index (χ3v) is 10.6. The summed E-state index contributed by atoms with van der Waals surface area (Å²) < 4.78 is 0. The summed E-state index contributed by atoms with van der Waals surface area (Å²) in [5.74, 6) is 2.84. The molecule has 0 unspecified atom stereocenters. The molecule has 0 aromatic rings. The number of amides is 1. The average molecular weight is 470 g/mol. The van der Waals surface area contributed by atoms with E-state index in [1.165, 1.54) is 44.1 Å². The van der Waals surface area contributed by atoms with Crippen molar-refractivity contribution >= 4 is 17.6 Å². The second-order valence-electron chi connectivity index (χ2n) is 12.3. The molecule has 5 rings (SSSR count). The lowest BCUT2D eigenvalue weighted by atomic mass is 9.46. The molecule has 4 fully saturated rings. The van der Waals surface area contributed by atoms with Gasteiger partial charge in [0, 0.05) is 24.9 Å².